The van der Waals surface area contributed by atoms with Gasteiger partial charge in [0.1, 0.15) is 5.78 Å². The lowest BCUT2D eigenvalue weighted by atomic mass is 10.0. The highest BCUT2D eigenvalue weighted by Crippen LogP contribution is 2.49. The molecule has 0 unspecified atom stereocenters. The van der Waals surface area contributed by atoms with Gasteiger partial charge in [0, 0.05) is 0 Å². The Morgan fingerprint density at radius 2 is 1.10 bits per heavy atom. The molecule has 0 spiro atoms. The molecule has 3 N–H and O–H groups in total. The molecule has 0 aliphatic rings. The standard InChI is InChI=1S/C25H46NO3P/c1-2-3-4-5-6-7-8-9-10-11-12-13-14-15-16-20-23-26-25(30(27,28)29)24-21-18-17-19-22-24/h17-19,21-22,25-26H,2-16,20,23H2,1H3,(H2,27,28,29)/t25-/m0/s1. The average molecular weight is 440 g/mol. The molecule has 174 valence electrons. The fourth-order valence-electron chi connectivity index (χ4n) is 3.98. The predicted molar refractivity (Wildman–Crippen MR) is 129 cm³/mol. The summed E-state index contributed by atoms with van der Waals surface area (Å²) in [5.41, 5.74) is 0.655. The number of nitrogens with one attached hydrogen (secondary N) is 1. The highest BCUT2D eigenvalue weighted by molar-refractivity contribution is 7.52. The van der Waals surface area contributed by atoms with Crippen LogP contribution in [0.5, 0.6) is 0 Å². The van der Waals surface area contributed by atoms with E-state index in [2.05, 4.69) is 12.2 Å². The van der Waals surface area contributed by atoms with E-state index in [9.17, 15) is 14.4 Å². The Bertz CT molecular complexity index is 547. The molecule has 0 fully saturated rings. The Hall–Kier alpha value is -0.670. The summed E-state index contributed by atoms with van der Waals surface area (Å²) in [6, 6.07) is 9.02. The molecule has 0 amide bonds. The zero-order valence-electron chi connectivity index (χ0n) is 19.2. The maximum Gasteiger partial charge on any atom is 0.346 e. The first-order chi connectivity index (χ1) is 14.6. The second-order valence-electron chi connectivity index (χ2n) is 8.66. The highest BCUT2D eigenvalue weighted by Gasteiger charge is 2.29. The summed E-state index contributed by atoms with van der Waals surface area (Å²) >= 11 is 0. The molecular weight excluding hydrogens is 393 g/mol. The number of unbranched alkanes of at least 4 members (excludes halogenated alkanes) is 15. The molecule has 0 aliphatic carbocycles. The first kappa shape index (κ1) is 27.4. The second kappa shape index (κ2) is 18.0. The maximum atomic E-state index is 11.8. The van der Waals surface area contributed by atoms with Crippen LogP contribution < -0.4 is 5.32 Å². The lowest BCUT2D eigenvalue weighted by Gasteiger charge is -2.20. The third-order valence-corrected chi connectivity index (χ3v) is 6.97. The summed E-state index contributed by atoms with van der Waals surface area (Å²) < 4.78 is 11.8. The smallest absolute Gasteiger partial charge is 0.323 e. The van der Waals surface area contributed by atoms with E-state index >= 15 is 0 Å². The monoisotopic (exact) mass is 439 g/mol. The predicted octanol–water partition coefficient (Wildman–Crippen LogP) is 7.71. The largest absolute Gasteiger partial charge is 0.346 e. The summed E-state index contributed by atoms with van der Waals surface area (Å²) in [5.74, 6) is -0.893. The van der Waals surface area contributed by atoms with Gasteiger partial charge in [-0.2, -0.15) is 0 Å². The van der Waals surface area contributed by atoms with Gasteiger partial charge in [-0.05, 0) is 18.5 Å². The van der Waals surface area contributed by atoms with Crippen molar-refractivity contribution in [2.45, 2.75) is 115 Å². The minimum absolute atomic E-state index is 0.642. The average Bonchev–Trinajstić information content (AvgIpc) is 2.72. The minimum Gasteiger partial charge on any atom is -0.323 e. The van der Waals surface area contributed by atoms with E-state index < -0.39 is 13.4 Å². The molecular formula is C25H46NO3P. The van der Waals surface area contributed by atoms with Crippen molar-refractivity contribution in [2.24, 2.45) is 0 Å². The van der Waals surface area contributed by atoms with Crippen LogP contribution in [0, 0.1) is 0 Å². The van der Waals surface area contributed by atoms with Crippen molar-refractivity contribution in [1.82, 2.24) is 5.32 Å². The Labute approximate surface area is 185 Å². The van der Waals surface area contributed by atoms with Gasteiger partial charge in [0.15, 0.2) is 0 Å². The van der Waals surface area contributed by atoms with Crippen molar-refractivity contribution >= 4 is 7.60 Å². The molecule has 1 rings (SSSR count). The molecule has 1 atom stereocenters. The molecule has 1 aromatic rings. The molecule has 0 aromatic heterocycles. The molecule has 30 heavy (non-hydrogen) atoms. The van der Waals surface area contributed by atoms with Crippen LogP contribution >= 0.6 is 7.60 Å². The van der Waals surface area contributed by atoms with E-state index in [0.29, 0.717) is 12.1 Å². The van der Waals surface area contributed by atoms with Crippen LogP contribution in [0.4, 0.5) is 0 Å². The van der Waals surface area contributed by atoms with E-state index in [0.717, 1.165) is 12.8 Å². The first-order valence-corrected chi connectivity index (χ1v) is 14.1. The summed E-state index contributed by atoms with van der Waals surface area (Å²) in [5, 5.41) is 3.06. The van der Waals surface area contributed by atoms with Gasteiger partial charge in [0.05, 0.1) is 0 Å². The van der Waals surface area contributed by atoms with Gasteiger partial charge in [-0.25, -0.2) is 0 Å². The second-order valence-corrected chi connectivity index (χ2v) is 10.4. The van der Waals surface area contributed by atoms with Crippen molar-refractivity contribution in [3.8, 4) is 0 Å². The molecule has 0 saturated carbocycles. The molecule has 1 aromatic carbocycles. The van der Waals surface area contributed by atoms with Gasteiger partial charge in [-0.3, -0.25) is 9.88 Å². The van der Waals surface area contributed by atoms with Crippen LogP contribution in [0.15, 0.2) is 30.3 Å². The van der Waals surface area contributed by atoms with Crippen LogP contribution in [0.1, 0.15) is 121 Å². The van der Waals surface area contributed by atoms with Gasteiger partial charge < -0.3 is 9.79 Å². The minimum atomic E-state index is -4.20. The third kappa shape index (κ3) is 14.4. The SMILES string of the molecule is CCCCCCCCCCCCCCCCCCN[C@H](c1ccccc1)P(=O)(O)O. The Kier molecular flexibility index (Phi) is 16.4. The van der Waals surface area contributed by atoms with E-state index in [-0.39, 0.29) is 0 Å². The fraction of sp³-hybridized carbons (Fsp3) is 0.760. The topological polar surface area (TPSA) is 69.6 Å². The number of benzene rings is 1. The molecule has 5 heteroatoms. The van der Waals surface area contributed by atoms with Gasteiger partial charge in [-0.1, -0.05) is 134 Å². The molecule has 0 saturated heterocycles. The van der Waals surface area contributed by atoms with Crippen LogP contribution in [0.25, 0.3) is 0 Å². The molecule has 4 nitrogen and oxygen atoms in total. The Morgan fingerprint density at radius 3 is 1.50 bits per heavy atom. The van der Waals surface area contributed by atoms with Crippen molar-refractivity contribution in [3.05, 3.63) is 35.9 Å². The lowest BCUT2D eigenvalue weighted by molar-refractivity contribution is 0.347. The van der Waals surface area contributed by atoms with Crippen molar-refractivity contribution in [1.29, 1.82) is 0 Å². The lowest BCUT2D eigenvalue weighted by Crippen LogP contribution is -2.22. The van der Waals surface area contributed by atoms with Crippen LogP contribution in [-0.4, -0.2) is 16.3 Å². The fourth-order valence-corrected chi connectivity index (χ4v) is 4.91. The highest BCUT2D eigenvalue weighted by atomic mass is 31.2. The number of hydrogen-bond donors (Lipinski definition) is 3. The first-order valence-electron chi connectivity index (χ1n) is 12.4. The van der Waals surface area contributed by atoms with E-state index in [1.807, 2.05) is 18.2 Å². The zero-order valence-corrected chi connectivity index (χ0v) is 20.1. The zero-order chi connectivity index (χ0) is 21.9. The van der Waals surface area contributed by atoms with Gasteiger partial charge in [0.2, 0.25) is 0 Å². The Balaban J connectivity index is 1.92. The van der Waals surface area contributed by atoms with Gasteiger partial charge in [-0.15, -0.1) is 0 Å². The number of rotatable bonds is 20. The summed E-state index contributed by atoms with van der Waals surface area (Å²) in [6.07, 6.45) is 21.3. The van der Waals surface area contributed by atoms with E-state index in [1.54, 1.807) is 12.1 Å². The molecule has 0 heterocycles. The Morgan fingerprint density at radius 1 is 0.700 bits per heavy atom. The maximum absolute atomic E-state index is 11.8. The molecule has 0 aliphatic heterocycles. The normalized spacial score (nSPS) is 12.9. The molecule has 0 bridgehead atoms. The van der Waals surface area contributed by atoms with Crippen molar-refractivity contribution in [2.75, 3.05) is 6.54 Å². The summed E-state index contributed by atoms with van der Waals surface area (Å²) in [4.78, 5) is 19.2. The number of hydrogen-bond acceptors (Lipinski definition) is 2. The van der Waals surface area contributed by atoms with Crippen LogP contribution in [0.3, 0.4) is 0 Å². The van der Waals surface area contributed by atoms with E-state index in [4.69, 9.17) is 0 Å². The van der Waals surface area contributed by atoms with Crippen LogP contribution in [0.2, 0.25) is 0 Å². The van der Waals surface area contributed by atoms with E-state index in [1.165, 1.54) is 89.9 Å². The van der Waals surface area contributed by atoms with Crippen LogP contribution in [-0.2, 0) is 4.57 Å². The third-order valence-electron chi connectivity index (χ3n) is 5.82. The van der Waals surface area contributed by atoms with Gasteiger partial charge >= 0.3 is 7.60 Å². The van der Waals surface area contributed by atoms with Gasteiger partial charge in [0.25, 0.3) is 0 Å². The molecule has 0 radical (unpaired) electrons. The summed E-state index contributed by atoms with van der Waals surface area (Å²) in [7, 11) is -4.20. The quantitative estimate of drug-likeness (QED) is 0.144. The summed E-state index contributed by atoms with van der Waals surface area (Å²) in [6.45, 7) is 2.91. The van der Waals surface area contributed by atoms with Crippen molar-refractivity contribution < 1.29 is 14.4 Å². The van der Waals surface area contributed by atoms with Crippen molar-refractivity contribution in [3.63, 3.8) is 0 Å².